The van der Waals surface area contributed by atoms with Gasteiger partial charge in [-0.3, -0.25) is 4.79 Å². The van der Waals surface area contributed by atoms with Crippen LogP contribution in [-0.4, -0.2) is 19.4 Å². The first-order chi connectivity index (χ1) is 8.11. The summed E-state index contributed by atoms with van der Waals surface area (Å²) in [5, 5.41) is 3.99. The number of fused-ring (bicyclic) bond motifs is 1. The normalized spacial score (nSPS) is 12.9. The molecule has 0 amide bonds. The van der Waals surface area contributed by atoms with Gasteiger partial charge in [-0.15, -0.1) is 0 Å². The number of benzene rings is 1. The van der Waals surface area contributed by atoms with Crippen LogP contribution in [0.15, 0.2) is 28.7 Å². The second kappa shape index (κ2) is 4.72. The van der Waals surface area contributed by atoms with Crippen molar-refractivity contribution in [1.82, 2.24) is 5.32 Å². The molecule has 2 rings (SSSR count). The summed E-state index contributed by atoms with van der Waals surface area (Å²) in [4.78, 5) is 12.1. The van der Waals surface area contributed by atoms with Crippen LogP contribution in [0.1, 0.15) is 23.0 Å². The highest BCUT2D eigenvalue weighted by Crippen LogP contribution is 2.22. The number of furan rings is 1. The van der Waals surface area contributed by atoms with Gasteiger partial charge in [-0.1, -0.05) is 18.6 Å². The molecule has 0 saturated heterocycles. The SMILES string of the molecule is CNCC(C)C(=O)c1cc2cc(C)ccc2o1. The van der Waals surface area contributed by atoms with Crippen LogP contribution in [0.3, 0.4) is 0 Å². The Kier molecular flexibility index (Phi) is 3.29. The van der Waals surface area contributed by atoms with Crippen LogP contribution in [0.25, 0.3) is 11.0 Å². The summed E-state index contributed by atoms with van der Waals surface area (Å²) in [7, 11) is 1.84. The lowest BCUT2D eigenvalue weighted by Crippen LogP contribution is -2.23. The molecule has 0 aliphatic carbocycles. The largest absolute Gasteiger partial charge is 0.453 e. The molecule has 3 nitrogen and oxygen atoms in total. The summed E-state index contributed by atoms with van der Waals surface area (Å²) in [5.74, 6) is 0.434. The Bertz CT molecular complexity index is 542. The van der Waals surface area contributed by atoms with Gasteiger partial charge in [0.05, 0.1) is 0 Å². The maximum Gasteiger partial charge on any atom is 0.202 e. The molecule has 0 fully saturated rings. The molecule has 0 spiro atoms. The quantitative estimate of drug-likeness (QED) is 0.823. The number of carbonyl (C=O) groups excluding carboxylic acids is 1. The van der Waals surface area contributed by atoms with Gasteiger partial charge in [-0.2, -0.15) is 0 Å². The Hall–Kier alpha value is -1.61. The number of hydrogen-bond acceptors (Lipinski definition) is 3. The Labute approximate surface area is 101 Å². The van der Waals surface area contributed by atoms with Gasteiger partial charge < -0.3 is 9.73 Å². The number of Topliss-reactive ketones (excluding diaryl/α,β-unsaturated/α-hetero) is 1. The second-order valence-electron chi connectivity index (χ2n) is 4.47. The van der Waals surface area contributed by atoms with Crippen molar-refractivity contribution < 1.29 is 9.21 Å². The van der Waals surface area contributed by atoms with Crippen LogP contribution in [0.5, 0.6) is 0 Å². The van der Waals surface area contributed by atoms with Crippen molar-refractivity contribution in [3.8, 4) is 0 Å². The standard InChI is InChI=1S/C14H17NO2/c1-9-4-5-12-11(6-9)7-13(17-12)14(16)10(2)8-15-3/h4-7,10,15H,8H2,1-3H3. The van der Waals surface area contributed by atoms with E-state index in [4.69, 9.17) is 4.42 Å². The van der Waals surface area contributed by atoms with Crippen molar-refractivity contribution >= 4 is 16.8 Å². The van der Waals surface area contributed by atoms with Crippen molar-refractivity contribution in [3.63, 3.8) is 0 Å². The third kappa shape index (κ3) is 2.39. The first-order valence-corrected chi connectivity index (χ1v) is 5.81. The zero-order chi connectivity index (χ0) is 12.4. The average molecular weight is 231 g/mol. The van der Waals surface area contributed by atoms with E-state index >= 15 is 0 Å². The van der Waals surface area contributed by atoms with Crippen LogP contribution in [0, 0.1) is 12.8 Å². The molecular weight excluding hydrogens is 214 g/mol. The molecular formula is C14H17NO2. The van der Waals surface area contributed by atoms with Crippen LogP contribution >= 0.6 is 0 Å². The third-order valence-electron chi connectivity index (χ3n) is 2.87. The Morgan fingerprint density at radius 2 is 2.18 bits per heavy atom. The van der Waals surface area contributed by atoms with E-state index in [-0.39, 0.29) is 11.7 Å². The molecule has 2 aromatic rings. The smallest absolute Gasteiger partial charge is 0.202 e. The maximum atomic E-state index is 12.1. The first-order valence-electron chi connectivity index (χ1n) is 5.81. The predicted molar refractivity (Wildman–Crippen MR) is 68.4 cm³/mol. The zero-order valence-electron chi connectivity index (χ0n) is 10.4. The second-order valence-corrected chi connectivity index (χ2v) is 4.47. The minimum Gasteiger partial charge on any atom is -0.453 e. The van der Waals surface area contributed by atoms with Crippen LogP contribution < -0.4 is 5.32 Å². The number of hydrogen-bond donors (Lipinski definition) is 1. The van der Waals surface area contributed by atoms with Gasteiger partial charge in [0, 0.05) is 17.8 Å². The van der Waals surface area contributed by atoms with Crippen molar-refractivity contribution in [1.29, 1.82) is 0 Å². The maximum absolute atomic E-state index is 12.1. The van der Waals surface area contributed by atoms with Gasteiger partial charge in [0.1, 0.15) is 5.58 Å². The summed E-state index contributed by atoms with van der Waals surface area (Å²) >= 11 is 0. The highest BCUT2D eigenvalue weighted by molar-refractivity contribution is 5.99. The van der Waals surface area contributed by atoms with Gasteiger partial charge in [0.25, 0.3) is 0 Å². The molecule has 0 saturated carbocycles. The summed E-state index contributed by atoms with van der Waals surface area (Å²) < 4.78 is 5.57. The van der Waals surface area contributed by atoms with Crippen molar-refractivity contribution in [2.75, 3.05) is 13.6 Å². The molecule has 1 heterocycles. The third-order valence-corrected chi connectivity index (χ3v) is 2.87. The number of nitrogens with one attached hydrogen (secondary N) is 1. The molecule has 0 radical (unpaired) electrons. The van der Waals surface area contributed by atoms with Gasteiger partial charge in [0.2, 0.25) is 5.78 Å². The van der Waals surface area contributed by atoms with E-state index in [0.717, 1.165) is 11.0 Å². The van der Waals surface area contributed by atoms with E-state index < -0.39 is 0 Å². The predicted octanol–water partition coefficient (Wildman–Crippen LogP) is 2.78. The number of carbonyl (C=O) groups is 1. The van der Waals surface area contributed by atoms with E-state index in [2.05, 4.69) is 5.32 Å². The first kappa shape index (κ1) is 11.9. The fraction of sp³-hybridized carbons (Fsp3) is 0.357. The van der Waals surface area contributed by atoms with E-state index in [0.29, 0.717) is 12.3 Å². The lowest BCUT2D eigenvalue weighted by atomic mass is 10.0. The summed E-state index contributed by atoms with van der Waals surface area (Å²) in [6.45, 7) is 4.59. The molecule has 0 aliphatic heterocycles. The molecule has 0 bridgehead atoms. The van der Waals surface area contributed by atoms with Crippen LogP contribution in [0.4, 0.5) is 0 Å². The van der Waals surface area contributed by atoms with Gasteiger partial charge >= 0.3 is 0 Å². The molecule has 1 atom stereocenters. The Balaban J connectivity index is 2.33. The lowest BCUT2D eigenvalue weighted by Gasteiger charge is -2.06. The highest BCUT2D eigenvalue weighted by atomic mass is 16.3. The molecule has 1 unspecified atom stereocenters. The monoisotopic (exact) mass is 231 g/mol. The van der Waals surface area contributed by atoms with Gasteiger partial charge in [-0.25, -0.2) is 0 Å². The molecule has 17 heavy (non-hydrogen) atoms. The summed E-state index contributed by atoms with van der Waals surface area (Å²) in [6, 6.07) is 7.75. The van der Waals surface area contributed by atoms with E-state index in [1.807, 2.05) is 45.2 Å². The van der Waals surface area contributed by atoms with E-state index in [1.54, 1.807) is 0 Å². The average Bonchev–Trinajstić information content (AvgIpc) is 2.71. The number of aryl methyl sites for hydroxylation is 1. The summed E-state index contributed by atoms with van der Waals surface area (Å²) in [6.07, 6.45) is 0. The van der Waals surface area contributed by atoms with Gasteiger partial charge in [0.15, 0.2) is 5.76 Å². The molecule has 3 heteroatoms. The van der Waals surface area contributed by atoms with E-state index in [9.17, 15) is 4.79 Å². The summed E-state index contributed by atoms with van der Waals surface area (Å²) in [5.41, 5.74) is 1.94. The van der Waals surface area contributed by atoms with Crippen molar-refractivity contribution in [2.24, 2.45) is 5.92 Å². The molecule has 1 aromatic heterocycles. The minimum absolute atomic E-state index is 0.0493. The minimum atomic E-state index is -0.0679. The molecule has 1 aromatic carbocycles. The number of rotatable bonds is 4. The molecule has 90 valence electrons. The van der Waals surface area contributed by atoms with Crippen molar-refractivity contribution in [2.45, 2.75) is 13.8 Å². The van der Waals surface area contributed by atoms with Crippen LogP contribution in [0.2, 0.25) is 0 Å². The lowest BCUT2D eigenvalue weighted by molar-refractivity contribution is 0.0904. The Morgan fingerprint density at radius 3 is 2.88 bits per heavy atom. The molecule has 0 aliphatic rings. The topological polar surface area (TPSA) is 42.2 Å². The fourth-order valence-electron chi connectivity index (χ4n) is 1.93. The fourth-order valence-corrected chi connectivity index (χ4v) is 1.93. The van der Waals surface area contributed by atoms with E-state index in [1.165, 1.54) is 5.56 Å². The van der Waals surface area contributed by atoms with Crippen molar-refractivity contribution in [3.05, 3.63) is 35.6 Å². The molecule has 1 N–H and O–H groups in total. The highest BCUT2D eigenvalue weighted by Gasteiger charge is 2.18. The zero-order valence-corrected chi connectivity index (χ0v) is 10.4. The van der Waals surface area contributed by atoms with Gasteiger partial charge in [-0.05, 0) is 32.2 Å². The van der Waals surface area contributed by atoms with Crippen LogP contribution in [-0.2, 0) is 0 Å². The Morgan fingerprint density at radius 1 is 1.41 bits per heavy atom. The number of ketones is 1.